The summed E-state index contributed by atoms with van der Waals surface area (Å²) in [5.41, 5.74) is -0.428. The fraction of sp³-hybridized carbons (Fsp3) is 0.500. The summed E-state index contributed by atoms with van der Waals surface area (Å²) in [5.74, 6) is 0.986. The van der Waals surface area contributed by atoms with E-state index in [0.29, 0.717) is 6.54 Å². The van der Waals surface area contributed by atoms with Crippen molar-refractivity contribution in [3.8, 4) is 0 Å². The van der Waals surface area contributed by atoms with Crippen LogP contribution in [0.1, 0.15) is 27.2 Å². The normalized spacial score (nSPS) is 11.1. The van der Waals surface area contributed by atoms with Gasteiger partial charge in [-0.3, -0.25) is 0 Å². The lowest BCUT2D eigenvalue weighted by Crippen LogP contribution is -2.33. The van der Waals surface area contributed by atoms with Crippen molar-refractivity contribution in [1.29, 1.82) is 0 Å². The van der Waals surface area contributed by atoms with Crippen LogP contribution in [0.3, 0.4) is 0 Å². The molecule has 0 unspecified atom stereocenters. The Morgan fingerprint density at radius 2 is 1.94 bits per heavy atom. The number of hydrogen-bond donors (Lipinski definition) is 1. The topological polar surface area (TPSA) is 38.3 Å². The first-order valence-electron chi connectivity index (χ1n) is 6.12. The Balaban J connectivity index is 2.07. The average molecular weight is 267 g/mol. The van der Waals surface area contributed by atoms with Gasteiger partial charge >= 0.3 is 6.09 Å². The Hall–Kier alpha value is -1.16. The highest BCUT2D eigenvalue weighted by atomic mass is 32.2. The lowest BCUT2D eigenvalue weighted by molar-refractivity contribution is 0.0528. The monoisotopic (exact) mass is 267 g/mol. The number of thioether (sulfide) groups is 1. The second-order valence-corrected chi connectivity index (χ2v) is 6.11. The van der Waals surface area contributed by atoms with E-state index >= 15 is 0 Å². The second kappa shape index (κ2) is 7.31. The average Bonchev–Trinajstić information content (AvgIpc) is 2.27. The van der Waals surface area contributed by atoms with E-state index in [4.69, 9.17) is 4.74 Å². The van der Waals surface area contributed by atoms with Gasteiger partial charge in [-0.25, -0.2) is 4.79 Å². The summed E-state index contributed by atoms with van der Waals surface area (Å²) in [5, 5.41) is 2.75. The highest BCUT2D eigenvalue weighted by Crippen LogP contribution is 2.17. The molecule has 0 saturated carbocycles. The second-order valence-electron chi connectivity index (χ2n) is 4.94. The van der Waals surface area contributed by atoms with E-state index in [1.54, 1.807) is 11.8 Å². The Morgan fingerprint density at radius 1 is 1.28 bits per heavy atom. The molecule has 0 aliphatic rings. The van der Waals surface area contributed by atoms with Crippen LogP contribution in [0.5, 0.6) is 0 Å². The zero-order valence-electron chi connectivity index (χ0n) is 11.2. The van der Waals surface area contributed by atoms with Crippen LogP contribution in [0.4, 0.5) is 4.79 Å². The summed E-state index contributed by atoms with van der Waals surface area (Å²) < 4.78 is 5.15. The van der Waals surface area contributed by atoms with Crippen LogP contribution in [0.25, 0.3) is 0 Å². The highest BCUT2D eigenvalue weighted by Gasteiger charge is 2.15. The van der Waals surface area contributed by atoms with Crippen LogP contribution in [0, 0.1) is 0 Å². The number of benzene rings is 1. The molecule has 0 aliphatic carbocycles. The SMILES string of the molecule is CC(C)(C)OC(=O)NCCCSc1ccccc1. The quantitative estimate of drug-likeness (QED) is 0.653. The summed E-state index contributed by atoms with van der Waals surface area (Å²) in [4.78, 5) is 12.6. The zero-order chi connectivity index (χ0) is 13.4. The van der Waals surface area contributed by atoms with Gasteiger partial charge in [0.15, 0.2) is 0 Å². The minimum absolute atomic E-state index is 0.341. The van der Waals surface area contributed by atoms with Crippen molar-refractivity contribution in [2.24, 2.45) is 0 Å². The predicted molar refractivity (Wildman–Crippen MR) is 76.0 cm³/mol. The van der Waals surface area contributed by atoms with E-state index in [2.05, 4.69) is 17.4 Å². The molecule has 4 heteroatoms. The molecule has 0 fully saturated rings. The van der Waals surface area contributed by atoms with Crippen molar-refractivity contribution in [3.63, 3.8) is 0 Å². The number of carbonyl (C=O) groups is 1. The van der Waals surface area contributed by atoms with Gasteiger partial charge in [0.1, 0.15) is 5.60 Å². The third-order valence-corrected chi connectivity index (χ3v) is 3.10. The third kappa shape index (κ3) is 7.22. The number of rotatable bonds is 5. The van der Waals surface area contributed by atoms with Gasteiger partial charge in [-0.1, -0.05) is 18.2 Å². The largest absolute Gasteiger partial charge is 0.444 e. The van der Waals surface area contributed by atoms with Crippen LogP contribution in [-0.2, 0) is 4.74 Å². The molecule has 0 atom stereocenters. The summed E-state index contributed by atoms with van der Waals surface area (Å²) in [6, 6.07) is 10.2. The number of carbonyl (C=O) groups excluding carboxylic acids is 1. The molecule has 0 saturated heterocycles. The maximum atomic E-state index is 11.4. The van der Waals surface area contributed by atoms with Crippen molar-refractivity contribution in [3.05, 3.63) is 30.3 Å². The van der Waals surface area contributed by atoms with E-state index in [0.717, 1.165) is 12.2 Å². The molecule has 1 aromatic rings. The molecule has 0 aliphatic heterocycles. The summed E-state index contributed by atoms with van der Waals surface area (Å²) in [6.07, 6.45) is 0.589. The van der Waals surface area contributed by atoms with Gasteiger partial charge in [0, 0.05) is 11.4 Å². The Bertz CT molecular complexity index is 360. The van der Waals surface area contributed by atoms with E-state index in [1.807, 2.05) is 39.0 Å². The molecule has 1 aromatic carbocycles. The first-order chi connectivity index (χ1) is 8.47. The minimum atomic E-state index is -0.428. The third-order valence-electron chi connectivity index (χ3n) is 2.00. The van der Waals surface area contributed by atoms with Crippen LogP contribution in [0.2, 0.25) is 0 Å². The molecule has 0 spiro atoms. The zero-order valence-corrected chi connectivity index (χ0v) is 12.0. The maximum Gasteiger partial charge on any atom is 0.407 e. The lowest BCUT2D eigenvalue weighted by Gasteiger charge is -2.19. The van der Waals surface area contributed by atoms with Crippen LogP contribution < -0.4 is 5.32 Å². The van der Waals surface area contributed by atoms with Crippen LogP contribution in [0.15, 0.2) is 35.2 Å². The van der Waals surface area contributed by atoms with Crippen LogP contribution >= 0.6 is 11.8 Å². The summed E-state index contributed by atoms with van der Waals surface area (Å²) >= 11 is 1.79. The summed E-state index contributed by atoms with van der Waals surface area (Å²) in [6.45, 7) is 6.22. The molecular formula is C14H21NO2S. The van der Waals surface area contributed by atoms with Gasteiger partial charge in [-0.05, 0) is 45.1 Å². The number of alkyl carbamates (subject to hydrolysis) is 1. The molecule has 0 heterocycles. The molecule has 100 valence electrons. The lowest BCUT2D eigenvalue weighted by atomic mass is 10.2. The number of nitrogens with one attached hydrogen (secondary N) is 1. The fourth-order valence-electron chi connectivity index (χ4n) is 1.28. The van der Waals surface area contributed by atoms with E-state index in [9.17, 15) is 4.79 Å². The first kappa shape index (κ1) is 14.9. The van der Waals surface area contributed by atoms with E-state index in [-0.39, 0.29) is 6.09 Å². The summed E-state index contributed by atoms with van der Waals surface area (Å²) in [7, 11) is 0. The Kier molecular flexibility index (Phi) is 6.05. The molecule has 1 rings (SSSR count). The van der Waals surface area contributed by atoms with Gasteiger partial charge in [-0.2, -0.15) is 0 Å². The minimum Gasteiger partial charge on any atom is -0.444 e. The van der Waals surface area contributed by atoms with Gasteiger partial charge in [0.25, 0.3) is 0 Å². The molecule has 0 radical (unpaired) electrons. The fourth-order valence-corrected chi connectivity index (χ4v) is 2.16. The predicted octanol–water partition coefficient (Wildman–Crippen LogP) is 3.69. The number of ether oxygens (including phenoxy) is 1. The van der Waals surface area contributed by atoms with Gasteiger partial charge in [-0.15, -0.1) is 11.8 Å². The molecule has 18 heavy (non-hydrogen) atoms. The van der Waals surface area contributed by atoms with Gasteiger partial charge < -0.3 is 10.1 Å². The van der Waals surface area contributed by atoms with Gasteiger partial charge in [0.2, 0.25) is 0 Å². The number of amides is 1. The van der Waals surface area contributed by atoms with Gasteiger partial charge in [0.05, 0.1) is 0 Å². The molecular weight excluding hydrogens is 246 g/mol. The van der Waals surface area contributed by atoms with Crippen LogP contribution in [-0.4, -0.2) is 24.0 Å². The highest BCUT2D eigenvalue weighted by molar-refractivity contribution is 7.99. The van der Waals surface area contributed by atoms with E-state index < -0.39 is 5.60 Å². The van der Waals surface area contributed by atoms with Crippen molar-refractivity contribution < 1.29 is 9.53 Å². The molecule has 3 nitrogen and oxygen atoms in total. The smallest absolute Gasteiger partial charge is 0.407 e. The first-order valence-corrected chi connectivity index (χ1v) is 7.11. The molecule has 1 amide bonds. The van der Waals surface area contributed by atoms with Crippen molar-refractivity contribution in [2.45, 2.75) is 37.7 Å². The molecule has 1 N–H and O–H groups in total. The Morgan fingerprint density at radius 3 is 2.56 bits per heavy atom. The van der Waals surface area contributed by atoms with E-state index in [1.165, 1.54) is 4.90 Å². The molecule has 0 aromatic heterocycles. The number of hydrogen-bond acceptors (Lipinski definition) is 3. The standard InChI is InChI=1S/C14H21NO2S/c1-14(2,3)17-13(16)15-10-7-11-18-12-8-5-4-6-9-12/h4-6,8-9H,7,10-11H2,1-3H3,(H,15,16). The molecule has 0 bridgehead atoms. The van der Waals surface area contributed by atoms with Crippen molar-refractivity contribution >= 4 is 17.9 Å². The Labute approximate surface area is 113 Å². The van der Waals surface area contributed by atoms with Crippen molar-refractivity contribution in [2.75, 3.05) is 12.3 Å². The van der Waals surface area contributed by atoms with Crippen molar-refractivity contribution in [1.82, 2.24) is 5.32 Å². The maximum absolute atomic E-state index is 11.4.